The highest BCUT2D eigenvalue weighted by Gasteiger charge is 2.36. The van der Waals surface area contributed by atoms with E-state index in [4.69, 9.17) is 4.74 Å². The molecule has 2 N–H and O–H groups in total. The molecule has 1 aliphatic rings. The summed E-state index contributed by atoms with van der Waals surface area (Å²) in [5, 5.41) is 6.01. The van der Waals surface area contributed by atoms with Crippen molar-refractivity contribution in [1.29, 1.82) is 0 Å². The van der Waals surface area contributed by atoms with E-state index in [1.807, 2.05) is 13.8 Å². The predicted molar refractivity (Wildman–Crippen MR) is 71.8 cm³/mol. The molecule has 1 fully saturated rings. The number of halogens is 1. The van der Waals surface area contributed by atoms with Gasteiger partial charge >= 0.3 is 0 Å². The number of carbonyl (C=O) groups is 1. The first kappa shape index (κ1) is 13.8. The highest BCUT2D eigenvalue weighted by Crippen LogP contribution is 2.30. The zero-order chi connectivity index (χ0) is 13.9. The predicted octanol–water partition coefficient (Wildman–Crippen LogP) is 2.16. The molecule has 1 aromatic carbocycles. The first-order valence-corrected chi connectivity index (χ1v) is 6.50. The van der Waals surface area contributed by atoms with Crippen LogP contribution in [0, 0.1) is 11.2 Å². The molecule has 2 rings (SSSR count). The smallest absolute Gasteiger partial charge is 0.231 e. The normalized spacial score (nSPS) is 22.3. The van der Waals surface area contributed by atoms with Crippen LogP contribution in [0.3, 0.4) is 0 Å². The molecular formula is C14H19FN2O2. The summed E-state index contributed by atoms with van der Waals surface area (Å²) < 4.78 is 18.5. The number of ether oxygens (including phenoxy) is 1. The average molecular weight is 266 g/mol. The van der Waals surface area contributed by atoms with Crippen molar-refractivity contribution < 1.29 is 13.9 Å². The maximum absolute atomic E-state index is 13.2. The maximum Gasteiger partial charge on any atom is 0.231 e. The topological polar surface area (TPSA) is 50.4 Å². The van der Waals surface area contributed by atoms with Crippen molar-refractivity contribution in [2.45, 2.75) is 20.3 Å². The van der Waals surface area contributed by atoms with Crippen LogP contribution in [0.4, 0.5) is 10.1 Å². The van der Waals surface area contributed by atoms with Crippen LogP contribution in [0.1, 0.15) is 20.3 Å². The molecule has 5 heteroatoms. The zero-order valence-corrected chi connectivity index (χ0v) is 11.3. The number of hydrogen-bond donors (Lipinski definition) is 2. The van der Waals surface area contributed by atoms with Gasteiger partial charge < -0.3 is 15.4 Å². The maximum atomic E-state index is 13.2. The molecule has 1 heterocycles. The van der Waals surface area contributed by atoms with Gasteiger partial charge in [-0.2, -0.15) is 0 Å². The van der Waals surface area contributed by atoms with Crippen LogP contribution < -0.4 is 15.4 Å². The van der Waals surface area contributed by atoms with Gasteiger partial charge in [0.15, 0.2) is 0 Å². The Morgan fingerprint density at radius 1 is 1.58 bits per heavy atom. The van der Waals surface area contributed by atoms with E-state index in [1.165, 1.54) is 18.2 Å². The van der Waals surface area contributed by atoms with Crippen LogP contribution >= 0.6 is 0 Å². The lowest BCUT2D eigenvalue weighted by molar-refractivity contribution is -0.123. The summed E-state index contributed by atoms with van der Waals surface area (Å²) in [6.07, 6.45) is 0.796. The molecule has 1 atom stereocenters. The molecule has 0 spiro atoms. The van der Waals surface area contributed by atoms with E-state index >= 15 is 0 Å². The third-order valence-corrected chi connectivity index (χ3v) is 3.41. The molecule has 104 valence electrons. The van der Waals surface area contributed by atoms with Gasteiger partial charge in [-0.15, -0.1) is 0 Å². The van der Waals surface area contributed by atoms with Gasteiger partial charge in [-0.25, -0.2) is 4.39 Å². The van der Waals surface area contributed by atoms with Crippen molar-refractivity contribution in [3.63, 3.8) is 0 Å². The molecular weight excluding hydrogens is 247 g/mol. The van der Waals surface area contributed by atoms with Crippen LogP contribution in [-0.2, 0) is 4.79 Å². The number of rotatable bonds is 4. The van der Waals surface area contributed by atoms with Gasteiger partial charge in [-0.05, 0) is 38.9 Å². The molecule has 0 radical (unpaired) electrons. The highest BCUT2D eigenvalue weighted by molar-refractivity contribution is 5.96. The SMILES string of the molecule is CCOc1cc(F)ccc1NC(=O)C1(C)CCNC1. The van der Waals surface area contributed by atoms with Crippen molar-refractivity contribution in [3.8, 4) is 5.75 Å². The second kappa shape index (κ2) is 5.57. The standard InChI is InChI=1S/C14H19FN2O2/c1-3-19-12-8-10(15)4-5-11(12)17-13(18)14(2)6-7-16-9-14/h4-5,8,16H,3,6-7,9H2,1-2H3,(H,17,18). The van der Waals surface area contributed by atoms with Gasteiger partial charge in [-0.1, -0.05) is 0 Å². The molecule has 1 aromatic rings. The lowest BCUT2D eigenvalue weighted by atomic mass is 9.88. The minimum atomic E-state index is -0.419. The van der Waals surface area contributed by atoms with Gasteiger partial charge in [0.25, 0.3) is 0 Å². The quantitative estimate of drug-likeness (QED) is 0.878. The van der Waals surface area contributed by atoms with Crippen LogP contribution in [0.15, 0.2) is 18.2 Å². The molecule has 1 aliphatic heterocycles. The Bertz CT molecular complexity index is 471. The van der Waals surface area contributed by atoms with E-state index < -0.39 is 5.41 Å². The lowest BCUT2D eigenvalue weighted by Crippen LogP contribution is -2.35. The minimum Gasteiger partial charge on any atom is -0.492 e. The van der Waals surface area contributed by atoms with Crippen LogP contribution in [0.5, 0.6) is 5.75 Å². The second-order valence-corrected chi connectivity index (χ2v) is 5.02. The van der Waals surface area contributed by atoms with E-state index in [1.54, 1.807) is 0 Å². The Morgan fingerprint density at radius 3 is 3.00 bits per heavy atom. The van der Waals surface area contributed by atoms with Crippen LogP contribution in [0.2, 0.25) is 0 Å². The second-order valence-electron chi connectivity index (χ2n) is 5.02. The molecule has 1 amide bonds. The first-order valence-electron chi connectivity index (χ1n) is 6.50. The molecule has 1 saturated heterocycles. The molecule has 1 unspecified atom stereocenters. The number of hydrogen-bond acceptors (Lipinski definition) is 3. The average Bonchev–Trinajstić information content (AvgIpc) is 2.81. The highest BCUT2D eigenvalue weighted by atomic mass is 19.1. The van der Waals surface area contributed by atoms with E-state index in [2.05, 4.69) is 10.6 Å². The Morgan fingerprint density at radius 2 is 2.37 bits per heavy atom. The fraction of sp³-hybridized carbons (Fsp3) is 0.500. The van der Waals surface area contributed by atoms with Crippen molar-refractivity contribution in [2.75, 3.05) is 25.0 Å². The summed E-state index contributed by atoms with van der Waals surface area (Å²) in [4.78, 5) is 12.3. The fourth-order valence-corrected chi connectivity index (χ4v) is 2.16. The van der Waals surface area contributed by atoms with Crippen molar-refractivity contribution >= 4 is 11.6 Å². The van der Waals surface area contributed by atoms with E-state index in [0.29, 0.717) is 24.6 Å². The molecule has 0 aromatic heterocycles. The molecule has 0 saturated carbocycles. The number of carbonyl (C=O) groups excluding carboxylic acids is 1. The monoisotopic (exact) mass is 266 g/mol. The Labute approximate surface area is 112 Å². The summed E-state index contributed by atoms with van der Waals surface area (Å²) in [6.45, 7) is 5.66. The Hall–Kier alpha value is -1.62. The fourth-order valence-electron chi connectivity index (χ4n) is 2.16. The van der Waals surface area contributed by atoms with Gasteiger partial charge in [0.2, 0.25) is 5.91 Å². The third kappa shape index (κ3) is 3.04. The molecule has 4 nitrogen and oxygen atoms in total. The summed E-state index contributed by atoms with van der Waals surface area (Å²) >= 11 is 0. The van der Waals surface area contributed by atoms with Crippen molar-refractivity contribution in [3.05, 3.63) is 24.0 Å². The number of nitrogens with one attached hydrogen (secondary N) is 2. The van der Waals surface area contributed by atoms with Gasteiger partial charge in [0, 0.05) is 12.6 Å². The third-order valence-electron chi connectivity index (χ3n) is 3.41. The summed E-state index contributed by atoms with van der Waals surface area (Å²) in [5.41, 5.74) is 0.0964. The van der Waals surface area contributed by atoms with E-state index in [-0.39, 0.29) is 11.7 Å². The summed E-state index contributed by atoms with van der Waals surface area (Å²) in [5.74, 6) is -0.0781. The summed E-state index contributed by atoms with van der Waals surface area (Å²) in [6, 6.07) is 4.13. The molecule has 0 bridgehead atoms. The summed E-state index contributed by atoms with van der Waals surface area (Å²) in [7, 11) is 0. The van der Waals surface area contributed by atoms with Gasteiger partial charge in [0.05, 0.1) is 17.7 Å². The number of benzene rings is 1. The minimum absolute atomic E-state index is 0.0648. The number of anilines is 1. The molecule has 0 aliphatic carbocycles. The van der Waals surface area contributed by atoms with Gasteiger partial charge in [0.1, 0.15) is 11.6 Å². The number of amides is 1. The van der Waals surface area contributed by atoms with Crippen LogP contribution in [0.25, 0.3) is 0 Å². The molecule has 19 heavy (non-hydrogen) atoms. The van der Waals surface area contributed by atoms with E-state index in [0.717, 1.165) is 13.0 Å². The Balaban J connectivity index is 2.16. The van der Waals surface area contributed by atoms with Crippen molar-refractivity contribution in [2.24, 2.45) is 5.41 Å². The zero-order valence-electron chi connectivity index (χ0n) is 11.3. The van der Waals surface area contributed by atoms with Crippen LogP contribution in [-0.4, -0.2) is 25.6 Å². The van der Waals surface area contributed by atoms with Gasteiger partial charge in [-0.3, -0.25) is 4.79 Å². The Kier molecular flexibility index (Phi) is 4.04. The lowest BCUT2D eigenvalue weighted by Gasteiger charge is -2.22. The van der Waals surface area contributed by atoms with Crippen molar-refractivity contribution in [1.82, 2.24) is 5.32 Å². The van der Waals surface area contributed by atoms with E-state index in [9.17, 15) is 9.18 Å². The first-order chi connectivity index (χ1) is 9.05. The largest absolute Gasteiger partial charge is 0.492 e.